The monoisotopic (exact) mass is 499 g/mol. The maximum absolute atomic E-state index is 5.28. The van der Waals surface area contributed by atoms with Crippen molar-refractivity contribution in [3.8, 4) is 11.3 Å². The number of pyridine rings is 1. The molecule has 3 saturated carbocycles. The van der Waals surface area contributed by atoms with E-state index in [0.29, 0.717) is 17.0 Å². The minimum atomic E-state index is 0.302. The molecule has 1 unspecified atom stereocenters. The van der Waals surface area contributed by atoms with Gasteiger partial charge >= 0.3 is 0 Å². The summed E-state index contributed by atoms with van der Waals surface area (Å²) in [7, 11) is 1.79. The van der Waals surface area contributed by atoms with E-state index in [0.717, 1.165) is 43.9 Å². The Labute approximate surface area is 221 Å². The molecule has 6 nitrogen and oxygen atoms in total. The van der Waals surface area contributed by atoms with Crippen molar-refractivity contribution in [1.29, 1.82) is 0 Å². The number of ether oxygens (including phenoxy) is 1. The molecule has 0 saturated heterocycles. The van der Waals surface area contributed by atoms with Crippen LogP contribution in [0.15, 0.2) is 48.7 Å². The lowest BCUT2D eigenvalue weighted by atomic mass is 9.57. The zero-order chi connectivity index (χ0) is 25.5. The highest BCUT2D eigenvalue weighted by Gasteiger charge is 2.49. The van der Waals surface area contributed by atoms with Gasteiger partial charge in [-0.25, -0.2) is 0 Å². The zero-order valence-corrected chi connectivity index (χ0v) is 22.7. The Balaban J connectivity index is 1.19. The van der Waals surface area contributed by atoms with Crippen LogP contribution in [0.2, 0.25) is 0 Å². The Morgan fingerprint density at radius 2 is 1.81 bits per heavy atom. The first-order chi connectivity index (χ1) is 18.0. The number of aromatic nitrogens is 3. The molecule has 0 amide bonds. The minimum absolute atomic E-state index is 0.302. The quantitative estimate of drug-likeness (QED) is 0.403. The molecule has 196 valence electrons. The third-order valence-corrected chi connectivity index (χ3v) is 9.60. The number of fused-ring (bicyclic) bond motifs is 4. The molecular weight excluding hydrogens is 458 g/mol. The highest BCUT2D eigenvalue weighted by Crippen LogP contribution is 2.53. The third-order valence-electron chi connectivity index (χ3n) is 9.60. The average Bonchev–Trinajstić information content (AvgIpc) is 3.26. The van der Waals surface area contributed by atoms with Gasteiger partial charge < -0.3 is 15.0 Å². The molecule has 3 heterocycles. The molecule has 1 aliphatic heterocycles. The molecule has 0 spiro atoms. The van der Waals surface area contributed by atoms with Crippen LogP contribution in [0.25, 0.3) is 11.3 Å². The standard InChI is InChI=1S/C31H41N5O/c1-23-29-24(2)35(26-9-17-32-27(21-26)25-7-5-4-6-8-25)19-10-28(29)36(34-23)22-30-11-14-31(15-12-30,16-13-30)33-18-20-37-3/h4-9,17,21,24,33H,10-16,18-20,22H2,1-3H3. The summed E-state index contributed by atoms with van der Waals surface area (Å²) in [5.41, 5.74) is 8.29. The summed E-state index contributed by atoms with van der Waals surface area (Å²) in [6.07, 6.45) is 10.8. The SMILES string of the molecule is COCCNC12CCC(Cn3nc(C)c4c3CCN(c3ccnc(-c5ccccc5)c3)C4C)(CC1)CC2. The number of benzene rings is 1. The number of nitrogens with zero attached hydrogens (tertiary/aromatic N) is 4. The summed E-state index contributed by atoms with van der Waals surface area (Å²) in [5.74, 6) is 0. The lowest BCUT2D eigenvalue weighted by Crippen LogP contribution is -2.56. The molecule has 6 heteroatoms. The van der Waals surface area contributed by atoms with E-state index in [9.17, 15) is 0 Å². The second-order valence-electron chi connectivity index (χ2n) is 11.7. The van der Waals surface area contributed by atoms with E-state index in [4.69, 9.17) is 9.84 Å². The van der Waals surface area contributed by atoms with Gasteiger partial charge in [0.05, 0.1) is 24.0 Å². The highest BCUT2D eigenvalue weighted by molar-refractivity contribution is 5.65. The van der Waals surface area contributed by atoms with Crippen LogP contribution in [0.1, 0.15) is 68.4 Å². The number of hydrogen-bond acceptors (Lipinski definition) is 5. The molecular formula is C31H41N5O. The molecule has 3 aromatic rings. The van der Waals surface area contributed by atoms with Gasteiger partial charge in [-0.3, -0.25) is 9.67 Å². The van der Waals surface area contributed by atoms with E-state index in [1.807, 2.05) is 6.20 Å². The van der Waals surface area contributed by atoms with Gasteiger partial charge in [-0.2, -0.15) is 5.10 Å². The van der Waals surface area contributed by atoms with Crippen molar-refractivity contribution < 1.29 is 4.74 Å². The van der Waals surface area contributed by atoms with Crippen molar-refractivity contribution in [3.05, 3.63) is 65.6 Å². The molecule has 1 atom stereocenters. The summed E-state index contributed by atoms with van der Waals surface area (Å²) in [5, 5.41) is 9.01. The fourth-order valence-electron chi connectivity index (χ4n) is 7.38. The van der Waals surface area contributed by atoms with Crippen molar-refractivity contribution >= 4 is 5.69 Å². The zero-order valence-electron chi connectivity index (χ0n) is 22.7. The van der Waals surface area contributed by atoms with Crippen LogP contribution in [0.3, 0.4) is 0 Å². The maximum Gasteiger partial charge on any atom is 0.0722 e. The number of methoxy groups -OCH3 is 1. The van der Waals surface area contributed by atoms with Crippen LogP contribution in [0.5, 0.6) is 0 Å². The first-order valence-electron chi connectivity index (χ1n) is 14.1. The Kier molecular flexibility index (Phi) is 6.58. The number of anilines is 1. The van der Waals surface area contributed by atoms with Crippen LogP contribution in [-0.4, -0.2) is 47.1 Å². The van der Waals surface area contributed by atoms with Crippen LogP contribution in [0.4, 0.5) is 5.69 Å². The van der Waals surface area contributed by atoms with Crippen molar-refractivity contribution in [2.45, 2.75) is 76.9 Å². The number of aryl methyl sites for hydroxylation is 1. The lowest BCUT2D eigenvalue weighted by molar-refractivity contribution is 0.00496. The third kappa shape index (κ3) is 4.59. The molecule has 2 aromatic heterocycles. The van der Waals surface area contributed by atoms with Gasteiger partial charge in [-0.15, -0.1) is 0 Å². The Morgan fingerprint density at radius 1 is 1.05 bits per heavy atom. The number of nitrogens with one attached hydrogen (secondary N) is 1. The van der Waals surface area contributed by atoms with Crippen molar-refractivity contribution in [1.82, 2.24) is 20.1 Å². The van der Waals surface area contributed by atoms with Crippen molar-refractivity contribution in [3.63, 3.8) is 0 Å². The first kappa shape index (κ1) is 24.6. The van der Waals surface area contributed by atoms with E-state index in [-0.39, 0.29) is 0 Å². The Morgan fingerprint density at radius 3 is 2.54 bits per heavy atom. The number of rotatable bonds is 8. The second-order valence-corrected chi connectivity index (χ2v) is 11.7. The topological polar surface area (TPSA) is 55.2 Å². The number of hydrogen-bond donors (Lipinski definition) is 1. The van der Waals surface area contributed by atoms with Crippen LogP contribution < -0.4 is 10.2 Å². The Hall–Kier alpha value is -2.70. The van der Waals surface area contributed by atoms with Gasteiger partial charge in [0, 0.05) is 67.4 Å². The molecule has 4 aliphatic rings. The molecule has 0 radical (unpaired) electrons. The summed E-state index contributed by atoms with van der Waals surface area (Å²) in [6, 6.07) is 15.2. The molecule has 7 rings (SSSR count). The Bertz CT molecular complexity index is 1210. The first-order valence-corrected chi connectivity index (χ1v) is 14.1. The van der Waals surface area contributed by atoms with Crippen molar-refractivity contribution in [2.75, 3.05) is 31.7 Å². The molecule has 2 bridgehead atoms. The summed E-state index contributed by atoms with van der Waals surface area (Å²) in [4.78, 5) is 7.19. The van der Waals surface area contributed by atoms with Gasteiger partial charge in [0.2, 0.25) is 0 Å². The van der Waals surface area contributed by atoms with E-state index >= 15 is 0 Å². The van der Waals surface area contributed by atoms with E-state index in [1.54, 1.807) is 7.11 Å². The minimum Gasteiger partial charge on any atom is -0.383 e. The largest absolute Gasteiger partial charge is 0.383 e. The lowest BCUT2D eigenvalue weighted by Gasteiger charge is -2.54. The van der Waals surface area contributed by atoms with Gasteiger partial charge in [0.15, 0.2) is 0 Å². The van der Waals surface area contributed by atoms with E-state index in [1.165, 1.54) is 61.2 Å². The summed E-state index contributed by atoms with van der Waals surface area (Å²) in [6.45, 7) is 8.41. The molecule has 3 aliphatic carbocycles. The predicted octanol–water partition coefficient (Wildman–Crippen LogP) is 5.71. The van der Waals surface area contributed by atoms with Gasteiger partial charge in [-0.1, -0.05) is 30.3 Å². The van der Waals surface area contributed by atoms with Gasteiger partial charge in [-0.05, 0) is 69.9 Å². The highest BCUT2D eigenvalue weighted by atomic mass is 16.5. The fourth-order valence-corrected chi connectivity index (χ4v) is 7.38. The van der Waals surface area contributed by atoms with E-state index in [2.05, 4.69) is 76.2 Å². The molecule has 37 heavy (non-hydrogen) atoms. The normalized spacial score (nSPS) is 26.9. The van der Waals surface area contributed by atoms with Gasteiger partial charge in [0.25, 0.3) is 0 Å². The van der Waals surface area contributed by atoms with Crippen molar-refractivity contribution in [2.24, 2.45) is 5.41 Å². The maximum atomic E-state index is 5.28. The molecule has 1 aromatic carbocycles. The summed E-state index contributed by atoms with van der Waals surface area (Å²) < 4.78 is 7.69. The van der Waals surface area contributed by atoms with E-state index < -0.39 is 0 Å². The van der Waals surface area contributed by atoms with Crippen LogP contribution in [0, 0.1) is 12.3 Å². The summed E-state index contributed by atoms with van der Waals surface area (Å²) >= 11 is 0. The second kappa shape index (κ2) is 9.88. The smallest absolute Gasteiger partial charge is 0.0722 e. The average molecular weight is 500 g/mol. The molecule has 1 N–H and O–H groups in total. The van der Waals surface area contributed by atoms with Crippen LogP contribution in [-0.2, 0) is 17.7 Å². The predicted molar refractivity (Wildman–Crippen MR) is 149 cm³/mol. The van der Waals surface area contributed by atoms with Gasteiger partial charge in [0.1, 0.15) is 0 Å². The van der Waals surface area contributed by atoms with Crippen LogP contribution >= 0.6 is 0 Å². The molecule has 3 fully saturated rings. The fraction of sp³-hybridized carbons (Fsp3) is 0.548.